The van der Waals surface area contributed by atoms with E-state index in [1.165, 1.54) is 19.4 Å². The molecule has 0 aliphatic heterocycles. The van der Waals surface area contributed by atoms with E-state index >= 15 is 0 Å². The van der Waals surface area contributed by atoms with Gasteiger partial charge in [-0.2, -0.15) is 0 Å². The number of ether oxygens (including phenoxy) is 2. The van der Waals surface area contributed by atoms with Crippen LogP contribution in [0, 0.1) is 34.5 Å². The first kappa shape index (κ1) is 22.3. The van der Waals surface area contributed by atoms with E-state index in [0.717, 1.165) is 44.9 Å². The number of aliphatic carboxylic acids is 1. The molecule has 6 nitrogen and oxygen atoms in total. The van der Waals surface area contributed by atoms with Crippen LogP contribution in [0.4, 0.5) is 0 Å². The fourth-order valence-corrected chi connectivity index (χ4v) is 7.92. The summed E-state index contributed by atoms with van der Waals surface area (Å²) in [6.07, 6.45) is 8.70. The Balaban J connectivity index is 1.60. The van der Waals surface area contributed by atoms with E-state index in [1.807, 2.05) is 0 Å². The van der Waals surface area contributed by atoms with Crippen LogP contribution in [0.1, 0.15) is 79.1 Å². The lowest BCUT2D eigenvalue weighted by atomic mass is 9.48. The van der Waals surface area contributed by atoms with Crippen LogP contribution >= 0.6 is 0 Å². The maximum absolute atomic E-state index is 11.9. The Morgan fingerprint density at radius 2 is 1.77 bits per heavy atom. The molecule has 1 N–H and O–H groups in total. The number of carbonyl (C=O) groups excluding carboxylic acids is 2. The van der Waals surface area contributed by atoms with Crippen molar-refractivity contribution in [3.05, 3.63) is 11.6 Å². The molecule has 0 spiro atoms. The molecule has 8 atom stereocenters. The van der Waals surface area contributed by atoms with Gasteiger partial charge in [-0.25, -0.2) is 0 Å². The summed E-state index contributed by atoms with van der Waals surface area (Å²) < 4.78 is 11.3. The number of esters is 2. The molecule has 0 aromatic carbocycles. The highest BCUT2D eigenvalue weighted by atomic mass is 16.5. The van der Waals surface area contributed by atoms with E-state index in [9.17, 15) is 19.5 Å². The van der Waals surface area contributed by atoms with Gasteiger partial charge in [0.25, 0.3) is 0 Å². The Morgan fingerprint density at radius 1 is 1.06 bits per heavy atom. The molecule has 0 heterocycles. The molecule has 3 saturated carbocycles. The van der Waals surface area contributed by atoms with Crippen molar-refractivity contribution in [1.82, 2.24) is 0 Å². The number of carboxylic acid groups (broad SMARTS) is 1. The number of carbonyl (C=O) groups is 3. The number of fused-ring (bicyclic) bond motifs is 5. The molecular formula is C25H36O6. The van der Waals surface area contributed by atoms with E-state index in [2.05, 4.69) is 19.9 Å². The van der Waals surface area contributed by atoms with Gasteiger partial charge in [0.1, 0.15) is 12.2 Å². The zero-order valence-corrected chi connectivity index (χ0v) is 19.2. The number of allylic oxidation sites excluding steroid dienone is 1. The van der Waals surface area contributed by atoms with Crippen LogP contribution in [-0.2, 0) is 23.9 Å². The quantitative estimate of drug-likeness (QED) is 0.519. The molecule has 0 bridgehead atoms. The molecule has 0 aromatic rings. The van der Waals surface area contributed by atoms with Crippen molar-refractivity contribution < 1.29 is 29.0 Å². The van der Waals surface area contributed by atoms with Crippen LogP contribution in [0.5, 0.6) is 0 Å². The molecule has 4 aliphatic carbocycles. The zero-order chi connectivity index (χ0) is 22.6. The standard InChI is InChI=1S/C25H36O6/c1-14(26)30-18-7-9-24(3)17(13-18)5-6-19-20(24)8-10-25(4)21(19)11-16(12-22(28)29)23(25)31-15(2)27/h5,16,18-21,23H,6-13H2,1-4H3,(H,28,29). The third-order valence-corrected chi connectivity index (χ3v) is 9.19. The average Bonchev–Trinajstić information content (AvgIpc) is 2.92. The summed E-state index contributed by atoms with van der Waals surface area (Å²) in [5.41, 5.74) is 1.39. The van der Waals surface area contributed by atoms with E-state index in [0.29, 0.717) is 17.8 Å². The van der Waals surface area contributed by atoms with Gasteiger partial charge < -0.3 is 14.6 Å². The van der Waals surface area contributed by atoms with Gasteiger partial charge in [0.05, 0.1) is 6.42 Å². The zero-order valence-electron chi connectivity index (χ0n) is 19.2. The Kier molecular flexibility index (Phi) is 5.72. The Hall–Kier alpha value is -1.85. The first-order valence-corrected chi connectivity index (χ1v) is 11.8. The van der Waals surface area contributed by atoms with E-state index in [-0.39, 0.29) is 47.3 Å². The number of rotatable bonds is 4. The minimum atomic E-state index is -0.817. The first-order chi connectivity index (χ1) is 14.5. The molecule has 8 unspecified atom stereocenters. The molecule has 172 valence electrons. The second-order valence-corrected chi connectivity index (χ2v) is 10.9. The highest BCUT2D eigenvalue weighted by Crippen LogP contribution is 2.66. The topological polar surface area (TPSA) is 89.9 Å². The van der Waals surface area contributed by atoms with Crippen molar-refractivity contribution in [2.75, 3.05) is 0 Å². The third kappa shape index (κ3) is 3.80. The largest absolute Gasteiger partial charge is 0.481 e. The van der Waals surface area contributed by atoms with Crippen LogP contribution in [0.3, 0.4) is 0 Å². The van der Waals surface area contributed by atoms with Crippen molar-refractivity contribution in [3.63, 3.8) is 0 Å². The van der Waals surface area contributed by atoms with Crippen LogP contribution in [-0.4, -0.2) is 35.2 Å². The van der Waals surface area contributed by atoms with Crippen LogP contribution in [0.2, 0.25) is 0 Å². The smallest absolute Gasteiger partial charge is 0.303 e. The minimum Gasteiger partial charge on any atom is -0.481 e. The molecule has 0 saturated heterocycles. The Bertz CT molecular complexity index is 802. The van der Waals surface area contributed by atoms with E-state index in [4.69, 9.17) is 9.47 Å². The molecule has 3 fully saturated rings. The fraction of sp³-hybridized carbons (Fsp3) is 0.800. The predicted octanol–water partition coefficient (Wildman–Crippen LogP) is 4.51. The summed E-state index contributed by atoms with van der Waals surface area (Å²) in [5, 5.41) is 9.47. The van der Waals surface area contributed by atoms with Gasteiger partial charge in [-0.3, -0.25) is 14.4 Å². The maximum atomic E-state index is 11.9. The molecule has 31 heavy (non-hydrogen) atoms. The summed E-state index contributed by atoms with van der Waals surface area (Å²) >= 11 is 0. The summed E-state index contributed by atoms with van der Waals surface area (Å²) in [6, 6.07) is 0. The van der Waals surface area contributed by atoms with Gasteiger partial charge in [0, 0.05) is 31.6 Å². The van der Waals surface area contributed by atoms with Crippen LogP contribution < -0.4 is 0 Å². The van der Waals surface area contributed by atoms with Gasteiger partial charge in [-0.15, -0.1) is 0 Å². The molecule has 0 amide bonds. The maximum Gasteiger partial charge on any atom is 0.303 e. The van der Waals surface area contributed by atoms with E-state index in [1.54, 1.807) is 0 Å². The summed E-state index contributed by atoms with van der Waals surface area (Å²) in [6.45, 7) is 7.52. The Labute approximate surface area is 184 Å². The fourth-order valence-electron chi connectivity index (χ4n) is 7.92. The number of hydrogen-bond donors (Lipinski definition) is 1. The summed E-state index contributed by atoms with van der Waals surface area (Å²) in [7, 11) is 0. The molecular weight excluding hydrogens is 396 g/mol. The lowest BCUT2D eigenvalue weighted by Gasteiger charge is -2.57. The number of hydrogen-bond acceptors (Lipinski definition) is 5. The number of carboxylic acids is 1. The lowest BCUT2D eigenvalue weighted by Crippen LogP contribution is -2.52. The molecule has 0 aromatic heterocycles. The van der Waals surface area contributed by atoms with Gasteiger partial charge >= 0.3 is 17.9 Å². The highest BCUT2D eigenvalue weighted by Gasteiger charge is 2.62. The van der Waals surface area contributed by atoms with Crippen molar-refractivity contribution in [2.24, 2.45) is 34.5 Å². The molecule has 4 rings (SSSR count). The van der Waals surface area contributed by atoms with Gasteiger partial charge in [0.15, 0.2) is 0 Å². The SMILES string of the molecule is CC(=O)OC1CCC2(C)C(=CCC3C2CCC2(C)C3CC(CC(=O)O)C2OC(C)=O)C1. The average molecular weight is 433 g/mol. The summed E-state index contributed by atoms with van der Waals surface area (Å²) in [4.78, 5) is 34.8. The van der Waals surface area contributed by atoms with Gasteiger partial charge in [-0.1, -0.05) is 25.5 Å². The first-order valence-electron chi connectivity index (χ1n) is 11.8. The van der Waals surface area contributed by atoms with Crippen molar-refractivity contribution >= 4 is 17.9 Å². The van der Waals surface area contributed by atoms with E-state index < -0.39 is 5.97 Å². The lowest BCUT2D eigenvalue weighted by molar-refractivity contribution is -0.162. The second kappa shape index (κ2) is 7.93. The highest BCUT2D eigenvalue weighted by molar-refractivity contribution is 5.68. The van der Waals surface area contributed by atoms with Gasteiger partial charge in [0.2, 0.25) is 0 Å². The normalized spacial score (nSPS) is 43.7. The predicted molar refractivity (Wildman–Crippen MR) is 114 cm³/mol. The summed E-state index contributed by atoms with van der Waals surface area (Å²) in [5.74, 6) is -0.0643. The Morgan fingerprint density at radius 3 is 2.42 bits per heavy atom. The van der Waals surface area contributed by atoms with Gasteiger partial charge in [-0.05, 0) is 61.7 Å². The van der Waals surface area contributed by atoms with Crippen LogP contribution in [0.15, 0.2) is 11.6 Å². The van der Waals surface area contributed by atoms with Crippen LogP contribution in [0.25, 0.3) is 0 Å². The monoisotopic (exact) mass is 432 g/mol. The molecule has 6 heteroatoms. The molecule has 0 radical (unpaired) electrons. The molecule has 4 aliphatic rings. The van der Waals surface area contributed by atoms with Crippen molar-refractivity contribution in [1.29, 1.82) is 0 Å². The minimum absolute atomic E-state index is 0.0120. The third-order valence-electron chi connectivity index (χ3n) is 9.19. The van der Waals surface area contributed by atoms with Crippen molar-refractivity contribution in [2.45, 2.75) is 91.3 Å². The second-order valence-electron chi connectivity index (χ2n) is 10.9. The van der Waals surface area contributed by atoms with Crippen molar-refractivity contribution in [3.8, 4) is 0 Å².